The van der Waals surface area contributed by atoms with Crippen molar-refractivity contribution in [3.05, 3.63) is 35.0 Å². The van der Waals surface area contributed by atoms with Crippen LogP contribution in [-0.2, 0) is 23.8 Å². The van der Waals surface area contributed by atoms with Crippen molar-refractivity contribution < 1.29 is 28.6 Å². The van der Waals surface area contributed by atoms with Gasteiger partial charge in [0, 0.05) is 24.2 Å². The summed E-state index contributed by atoms with van der Waals surface area (Å²) in [7, 11) is 2.42. The number of amides is 1. The number of anilines is 2. The van der Waals surface area contributed by atoms with Gasteiger partial charge < -0.3 is 29.7 Å². The van der Waals surface area contributed by atoms with Crippen molar-refractivity contribution in [3.63, 3.8) is 0 Å². The highest BCUT2D eigenvalue weighted by molar-refractivity contribution is 6.31. The molecule has 1 heterocycles. The Morgan fingerprint density at radius 2 is 1.87 bits per heavy atom. The van der Waals surface area contributed by atoms with E-state index >= 15 is 0 Å². The summed E-state index contributed by atoms with van der Waals surface area (Å²) in [6.07, 6.45) is 2.15. The number of methoxy groups -OCH3 is 2. The molecule has 1 aromatic rings. The number of likely N-dealkylation sites (tertiary alicyclic amines) is 1. The van der Waals surface area contributed by atoms with Gasteiger partial charge in [-0.25, -0.2) is 14.4 Å². The molecule has 0 atom stereocenters. The molecule has 1 aliphatic rings. The van der Waals surface area contributed by atoms with Crippen LogP contribution in [0.25, 0.3) is 0 Å². The number of hydrogen-bond donors (Lipinski definition) is 2. The molecular weight excluding hydrogens is 414 g/mol. The van der Waals surface area contributed by atoms with Gasteiger partial charge >= 0.3 is 18.0 Å². The number of benzene rings is 1. The van der Waals surface area contributed by atoms with E-state index in [0.29, 0.717) is 36.1 Å². The Hall–Kier alpha value is -2.94. The highest BCUT2D eigenvalue weighted by atomic mass is 35.5. The quantitative estimate of drug-likeness (QED) is 0.379. The van der Waals surface area contributed by atoms with Crippen LogP contribution in [0.3, 0.4) is 0 Å². The largest absolute Gasteiger partial charge is 0.466 e. The second kappa shape index (κ2) is 11.3. The van der Waals surface area contributed by atoms with Gasteiger partial charge in [-0.2, -0.15) is 0 Å². The molecule has 0 saturated carbocycles. The summed E-state index contributed by atoms with van der Waals surface area (Å²) in [5, 5.41) is 6.74. The zero-order chi connectivity index (χ0) is 22.1. The van der Waals surface area contributed by atoms with Crippen molar-refractivity contribution in [2.24, 2.45) is 0 Å². The molecule has 1 aromatic carbocycles. The molecule has 10 heteroatoms. The zero-order valence-electron chi connectivity index (χ0n) is 17.2. The maximum Gasteiger partial charge on any atom is 0.409 e. The Morgan fingerprint density at radius 3 is 2.47 bits per heavy atom. The lowest BCUT2D eigenvalue weighted by Gasteiger charge is -2.32. The van der Waals surface area contributed by atoms with E-state index in [2.05, 4.69) is 15.4 Å². The van der Waals surface area contributed by atoms with Crippen LogP contribution in [0, 0.1) is 0 Å². The van der Waals surface area contributed by atoms with Gasteiger partial charge in [-0.05, 0) is 38.0 Å². The Kier molecular flexibility index (Phi) is 8.79. The average molecular weight is 440 g/mol. The summed E-state index contributed by atoms with van der Waals surface area (Å²) < 4.78 is 14.4. The van der Waals surface area contributed by atoms with Gasteiger partial charge in [-0.1, -0.05) is 11.6 Å². The number of carbonyl (C=O) groups excluding carboxylic acids is 3. The topological polar surface area (TPSA) is 106 Å². The second-order valence-electron chi connectivity index (χ2n) is 6.49. The number of nitrogens with one attached hydrogen (secondary N) is 2. The average Bonchev–Trinajstić information content (AvgIpc) is 2.75. The molecule has 0 bridgehead atoms. The number of esters is 2. The smallest absolute Gasteiger partial charge is 0.409 e. The van der Waals surface area contributed by atoms with Gasteiger partial charge in [-0.15, -0.1) is 0 Å². The van der Waals surface area contributed by atoms with Crippen LogP contribution in [0.1, 0.15) is 19.8 Å². The highest BCUT2D eigenvalue weighted by Crippen LogP contribution is 2.29. The molecule has 2 N–H and O–H groups in total. The van der Waals surface area contributed by atoms with Gasteiger partial charge in [0.05, 0.1) is 38.3 Å². The molecule has 0 unspecified atom stereocenters. The van der Waals surface area contributed by atoms with E-state index in [1.807, 2.05) is 0 Å². The van der Waals surface area contributed by atoms with Crippen molar-refractivity contribution in [3.8, 4) is 0 Å². The predicted molar refractivity (Wildman–Crippen MR) is 112 cm³/mol. The fourth-order valence-corrected chi connectivity index (χ4v) is 3.14. The van der Waals surface area contributed by atoms with Gasteiger partial charge in [-0.3, -0.25) is 0 Å². The number of carbonyl (C=O) groups is 3. The van der Waals surface area contributed by atoms with Crippen molar-refractivity contribution in [2.45, 2.75) is 25.8 Å². The molecule has 0 spiro atoms. The molecule has 9 nitrogen and oxygen atoms in total. The summed E-state index contributed by atoms with van der Waals surface area (Å²) in [5.74, 6) is -1.43. The summed E-state index contributed by atoms with van der Waals surface area (Å²) in [5.41, 5.74) is 1.09. The Bertz CT molecular complexity index is 806. The molecule has 1 saturated heterocycles. The van der Waals surface area contributed by atoms with Crippen molar-refractivity contribution in [2.75, 3.05) is 44.5 Å². The first kappa shape index (κ1) is 23.3. The minimum absolute atomic E-state index is 0.0909. The first-order valence-electron chi connectivity index (χ1n) is 9.50. The van der Waals surface area contributed by atoms with Crippen molar-refractivity contribution in [1.82, 2.24) is 4.90 Å². The molecule has 0 aliphatic carbocycles. The minimum Gasteiger partial charge on any atom is -0.466 e. The molecule has 30 heavy (non-hydrogen) atoms. The molecule has 1 fully saturated rings. The molecule has 0 aromatic heterocycles. The fourth-order valence-electron chi connectivity index (χ4n) is 2.96. The first-order valence-corrected chi connectivity index (χ1v) is 9.88. The van der Waals surface area contributed by atoms with Crippen LogP contribution in [0.4, 0.5) is 16.2 Å². The lowest BCUT2D eigenvalue weighted by atomic mass is 10.0. The number of halogens is 1. The Morgan fingerprint density at radius 1 is 1.17 bits per heavy atom. The number of piperidine rings is 1. The maximum absolute atomic E-state index is 12.0. The number of rotatable bonds is 7. The van der Waals surface area contributed by atoms with E-state index in [9.17, 15) is 14.4 Å². The van der Waals surface area contributed by atoms with Gasteiger partial charge in [0.15, 0.2) is 0 Å². The Balaban J connectivity index is 2.13. The van der Waals surface area contributed by atoms with Crippen molar-refractivity contribution >= 4 is 41.0 Å². The van der Waals surface area contributed by atoms with Crippen molar-refractivity contribution in [1.29, 1.82) is 0 Å². The molecule has 1 amide bonds. The second-order valence-corrected chi connectivity index (χ2v) is 6.93. The standard InChI is InChI=1S/C20H26ClN3O6/c1-4-30-20(27)24-9-7-14(8-10-24)22-15-6-5-13(21)11-16(15)23-17(19(26)29-3)12-18(25)28-2/h5-6,11-12,14,22-23H,4,7-10H2,1-3H3/b17-12+. The zero-order valence-corrected chi connectivity index (χ0v) is 18.0. The molecule has 1 aliphatic heterocycles. The van der Waals surface area contributed by atoms with E-state index in [0.717, 1.165) is 18.9 Å². The lowest BCUT2D eigenvalue weighted by molar-refractivity contribution is -0.138. The number of ether oxygens (including phenoxy) is 3. The van der Waals surface area contributed by atoms with Crippen LogP contribution >= 0.6 is 11.6 Å². The summed E-state index contributed by atoms with van der Waals surface area (Å²) in [6, 6.07) is 5.22. The van der Waals surface area contributed by atoms with Gasteiger partial charge in [0.1, 0.15) is 5.70 Å². The van der Waals surface area contributed by atoms with Crippen LogP contribution < -0.4 is 10.6 Å². The highest BCUT2D eigenvalue weighted by Gasteiger charge is 2.24. The van der Waals surface area contributed by atoms with Gasteiger partial charge in [0.2, 0.25) is 0 Å². The first-order chi connectivity index (χ1) is 14.4. The maximum atomic E-state index is 12.0. The van der Waals surface area contributed by atoms with E-state index < -0.39 is 11.9 Å². The van der Waals surface area contributed by atoms with Crippen LogP contribution in [0.5, 0.6) is 0 Å². The molecule has 164 valence electrons. The third kappa shape index (κ3) is 6.55. The Labute approximate surface area is 180 Å². The van der Waals surface area contributed by atoms with E-state index in [1.165, 1.54) is 14.2 Å². The van der Waals surface area contributed by atoms with E-state index in [-0.39, 0.29) is 17.8 Å². The monoisotopic (exact) mass is 439 g/mol. The van der Waals surface area contributed by atoms with Crippen LogP contribution in [0.15, 0.2) is 30.0 Å². The summed E-state index contributed by atoms with van der Waals surface area (Å²) in [6.45, 7) is 3.27. The summed E-state index contributed by atoms with van der Waals surface area (Å²) in [4.78, 5) is 37.2. The van der Waals surface area contributed by atoms with Crippen LogP contribution in [-0.4, -0.2) is 62.9 Å². The molecule has 0 radical (unpaired) electrons. The predicted octanol–water partition coefficient (Wildman–Crippen LogP) is 3.01. The summed E-state index contributed by atoms with van der Waals surface area (Å²) >= 11 is 6.12. The molecular formula is C20H26ClN3O6. The van der Waals surface area contributed by atoms with E-state index in [1.54, 1.807) is 30.0 Å². The fraction of sp³-hybridized carbons (Fsp3) is 0.450. The minimum atomic E-state index is -0.728. The third-order valence-electron chi connectivity index (χ3n) is 4.50. The SMILES string of the molecule is CCOC(=O)N1CCC(Nc2ccc(Cl)cc2N/C(=C/C(=O)OC)C(=O)OC)CC1. The van der Waals surface area contributed by atoms with Gasteiger partial charge in [0.25, 0.3) is 0 Å². The third-order valence-corrected chi connectivity index (χ3v) is 4.74. The number of hydrogen-bond acceptors (Lipinski definition) is 8. The lowest BCUT2D eigenvalue weighted by Crippen LogP contribution is -2.42. The number of nitrogens with zero attached hydrogens (tertiary/aromatic N) is 1. The molecule has 2 rings (SSSR count). The van der Waals surface area contributed by atoms with Crippen LogP contribution in [0.2, 0.25) is 5.02 Å². The van der Waals surface area contributed by atoms with E-state index in [4.69, 9.17) is 21.1 Å². The normalized spacial score (nSPS) is 14.7.